The van der Waals surface area contributed by atoms with Crippen LogP contribution in [-0.4, -0.2) is 15.9 Å². The van der Waals surface area contributed by atoms with Crippen LogP contribution < -0.4 is 0 Å². The maximum Gasteiger partial charge on any atom is 0.306 e. The highest BCUT2D eigenvalue weighted by Gasteiger charge is 2.19. The topological polar surface area (TPSA) is 37.3 Å². The van der Waals surface area contributed by atoms with E-state index in [9.17, 15) is 4.79 Å². The number of aliphatic carboxylic acids is 1. The van der Waals surface area contributed by atoms with E-state index < -0.39 is 5.97 Å². The second kappa shape index (κ2) is 7.36. The Kier molecular flexibility index (Phi) is 7.33. The second-order valence-corrected chi connectivity index (χ2v) is 4.71. The smallest absolute Gasteiger partial charge is 0.306 e. The van der Waals surface area contributed by atoms with E-state index in [4.69, 9.17) is 5.11 Å². The fourth-order valence-electron chi connectivity index (χ4n) is 1.27. The van der Waals surface area contributed by atoms with Crippen LogP contribution >= 0.6 is 15.9 Å². The zero-order chi connectivity index (χ0) is 10.3. The minimum absolute atomic E-state index is 0.163. The lowest BCUT2D eigenvalue weighted by atomic mass is 9.96. The molecule has 0 saturated carbocycles. The Morgan fingerprint density at radius 3 is 2.46 bits per heavy atom. The molecular formula is C10H19BrO2. The third kappa shape index (κ3) is 6.08. The van der Waals surface area contributed by atoms with Crippen LogP contribution in [0.15, 0.2) is 0 Å². The minimum atomic E-state index is -0.647. The zero-order valence-electron chi connectivity index (χ0n) is 8.42. The summed E-state index contributed by atoms with van der Waals surface area (Å²) in [4.78, 5) is 11.2. The summed E-state index contributed by atoms with van der Waals surface area (Å²) in [5, 5.41) is 8.92. The number of halogens is 1. The highest BCUT2D eigenvalue weighted by atomic mass is 79.9. The zero-order valence-corrected chi connectivity index (χ0v) is 10.0. The first-order valence-electron chi connectivity index (χ1n) is 4.98. The molecule has 2 nitrogen and oxygen atoms in total. The van der Waals surface area contributed by atoms with Crippen LogP contribution in [0.1, 0.15) is 46.0 Å². The number of hydrogen-bond acceptors (Lipinski definition) is 1. The summed E-state index contributed by atoms with van der Waals surface area (Å²) < 4.78 is 0. The van der Waals surface area contributed by atoms with Crippen molar-refractivity contribution in [1.29, 1.82) is 0 Å². The van der Waals surface area contributed by atoms with Crippen molar-refractivity contribution in [3.63, 3.8) is 0 Å². The molecule has 2 atom stereocenters. The number of hydrogen-bond donors (Lipinski definition) is 1. The molecule has 0 spiro atoms. The van der Waals surface area contributed by atoms with E-state index in [1.165, 1.54) is 0 Å². The van der Waals surface area contributed by atoms with Crippen molar-refractivity contribution in [2.45, 2.75) is 50.8 Å². The van der Waals surface area contributed by atoms with Crippen molar-refractivity contribution >= 4 is 21.9 Å². The molecule has 78 valence electrons. The number of carboxylic acid groups (broad SMARTS) is 1. The summed E-state index contributed by atoms with van der Waals surface area (Å²) >= 11 is 3.47. The normalized spacial score (nSPS) is 15.3. The molecule has 0 radical (unpaired) electrons. The van der Waals surface area contributed by atoms with Crippen LogP contribution in [0.4, 0.5) is 0 Å². The molecule has 0 saturated heterocycles. The Hall–Kier alpha value is -0.0500. The molecule has 0 amide bonds. The predicted octanol–water partition coefficient (Wildman–Crippen LogP) is 3.44. The van der Waals surface area contributed by atoms with Crippen molar-refractivity contribution in [1.82, 2.24) is 0 Å². The van der Waals surface area contributed by atoms with E-state index in [0.717, 1.165) is 32.1 Å². The van der Waals surface area contributed by atoms with Crippen LogP contribution in [0, 0.1) is 5.92 Å². The van der Waals surface area contributed by atoms with Gasteiger partial charge < -0.3 is 5.11 Å². The predicted molar refractivity (Wildman–Crippen MR) is 58.3 cm³/mol. The van der Waals surface area contributed by atoms with Gasteiger partial charge in [-0.25, -0.2) is 0 Å². The van der Waals surface area contributed by atoms with Gasteiger partial charge in [-0.2, -0.15) is 0 Å². The number of carboxylic acids is 1. The summed E-state index contributed by atoms with van der Waals surface area (Å²) in [5.41, 5.74) is 0. The number of carbonyl (C=O) groups is 1. The average molecular weight is 251 g/mol. The Labute approximate surface area is 88.8 Å². The molecule has 2 unspecified atom stereocenters. The van der Waals surface area contributed by atoms with E-state index in [1.807, 2.05) is 0 Å². The molecule has 0 aliphatic heterocycles. The van der Waals surface area contributed by atoms with Crippen molar-refractivity contribution in [3.05, 3.63) is 0 Å². The van der Waals surface area contributed by atoms with Gasteiger partial charge in [0.2, 0.25) is 0 Å². The molecule has 0 aromatic carbocycles. The van der Waals surface area contributed by atoms with Crippen LogP contribution in [0.25, 0.3) is 0 Å². The Morgan fingerprint density at radius 1 is 1.46 bits per heavy atom. The maximum absolute atomic E-state index is 10.8. The van der Waals surface area contributed by atoms with E-state index in [0.29, 0.717) is 4.83 Å². The van der Waals surface area contributed by atoms with Gasteiger partial charge in [0.1, 0.15) is 0 Å². The maximum atomic E-state index is 10.8. The van der Waals surface area contributed by atoms with Gasteiger partial charge in [-0.15, -0.1) is 0 Å². The first-order valence-corrected chi connectivity index (χ1v) is 5.90. The summed E-state index contributed by atoms with van der Waals surface area (Å²) in [6.07, 6.45) is 4.65. The van der Waals surface area contributed by atoms with Gasteiger partial charge in [0.05, 0.1) is 5.92 Å². The fraction of sp³-hybridized carbons (Fsp3) is 0.900. The SMILES string of the molecule is CCCCC(CC(Br)CC)C(=O)O. The fourth-order valence-corrected chi connectivity index (χ4v) is 1.72. The van der Waals surface area contributed by atoms with Crippen molar-refractivity contribution < 1.29 is 9.90 Å². The molecule has 0 bridgehead atoms. The number of unbranched alkanes of at least 4 members (excludes halogenated alkanes) is 1. The molecule has 0 aromatic heterocycles. The lowest BCUT2D eigenvalue weighted by Crippen LogP contribution is -2.17. The van der Waals surface area contributed by atoms with Gasteiger partial charge in [-0.1, -0.05) is 42.6 Å². The molecule has 1 N–H and O–H groups in total. The lowest BCUT2D eigenvalue weighted by molar-refractivity contribution is -0.142. The van der Waals surface area contributed by atoms with Crippen molar-refractivity contribution in [2.75, 3.05) is 0 Å². The lowest BCUT2D eigenvalue weighted by Gasteiger charge is -2.14. The van der Waals surface area contributed by atoms with E-state index >= 15 is 0 Å². The van der Waals surface area contributed by atoms with Crippen LogP contribution in [0.2, 0.25) is 0 Å². The summed E-state index contributed by atoms with van der Waals surface area (Å²) in [5.74, 6) is -0.810. The van der Waals surface area contributed by atoms with Crippen LogP contribution in [-0.2, 0) is 4.79 Å². The molecule has 13 heavy (non-hydrogen) atoms. The molecule has 0 rings (SSSR count). The van der Waals surface area contributed by atoms with E-state index in [-0.39, 0.29) is 5.92 Å². The van der Waals surface area contributed by atoms with Gasteiger partial charge in [0.25, 0.3) is 0 Å². The van der Waals surface area contributed by atoms with Gasteiger partial charge >= 0.3 is 5.97 Å². The molecule has 0 aliphatic carbocycles. The second-order valence-electron chi connectivity index (χ2n) is 3.42. The van der Waals surface area contributed by atoms with E-state index in [1.54, 1.807) is 0 Å². The van der Waals surface area contributed by atoms with Gasteiger partial charge in [0.15, 0.2) is 0 Å². The molecule has 0 aromatic rings. The molecule has 0 fully saturated rings. The molecule has 3 heteroatoms. The number of alkyl halides is 1. The van der Waals surface area contributed by atoms with Gasteiger partial charge in [0, 0.05) is 4.83 Å². The highest BCUT2D eigenvalue weighted by Crippen LogP contribution is 2.21. The highest BCUT2D eigenvalue weighted by molar-refractivity contribution is 9.09. The minimum Gasteiger partial charge on any atom is -0.481 e. The molecule has 0 heterocycles. The van der Waals surface area contributed by atoms with Gasteiger partial charge in [-0.3, -0.25) is 4.79 Å². The summed E-state index contributed by atoms with van der Waals surface area (Å²) in [6.45, 7) is 4.16. The first-order chi connectivity index (χ1) is 6.11. The summed E-state index contributed by atoms with van der Waals surface area (Å²) in [7, 11) is 0. The third-order valence-electron chi connectivity index (χ3n) is 2.24. The largest absolute Gasteiger partial charge is 0.481 e. The molecule has 0 aliphatic rings. The van der Waals surface area contributed by atoms with Crippen molar-refractivity contribution in [3.8, 4) is 0 Å². The quantitative estimate of drug-likeness (QED) is 0.704. The third-order valence-corrected chi connectivity index (χ3v) is 3.26. The van der Waals surface area contributed by atoms with Crippen LogP contribution in [0.5, 0.6) is 0 Å². The average Bonchev–Trinajstić information content (AvgIpc) is 2.11. The van der Waals surface area contributed by atoms with E-state index in [2.05, 4.69) is 29.8 Å². The number of rotatable bonds is 7. The Morgan fingerprint density at radius 2 is 2.08 bits per heavy atom. The van der Waals surface area contributed by atoms with Gasteiger partial charge in [-0.05, 0) is 19.3 Å². The monoisotopic (exact) mass is 250 g/mol. The van der Waals surface area contributed by atoms with Crippen LogP contribution in [0.3, 0.4) is 0 Å². The molecular weight excluding hydrogens is 232 g/mol. The van der Waals surface area contributed by atoms with Crippen molar-refractivity contribution in [2.24, 2.45) is 5.92 Å². The Balaban J connectivity index is 3.87. The Bertz CT molecular complexity index is 148. The standard InChI is InChI=1S/C10H19BrO2/c1-3-5-6-8(10(12)13)7-9(11)4-2/h8-9H,3-7H2,1-2H3,(H,12,13). The summed E-state index contributed by atoms with van der Waals surface area (Å²) in [6, 6.07) is 0. The first kappa shape index (κ1) is 12.9.